The third-order valence-corrected chi connectivity index (χ3v) is 3.99. The zero-order chi connectivity index (χ0) is 15.0. The summed E-state index contributed by atoms with van der Waals surface area (Å²) >= 11 is 0. The Morgan fingerprint density at radius 3 is 2.57 bits per heavy atom. The number of rotatable bonds is 5. The fourth-order valence-electron chi connectivity index (χ4n) is 2.79. The van der Waals surface area contributed by atoms with E-state index in [2.05, 4.69) is 5.32 Å². The molecule has 1 amide bonds. The molecule has 0 aromatic heterocycles. The summed E-state index contributed by atoms with van der Waals surface area (Å²) in [6.45, 7) is 1.93. The molecule has 2 fully saturated rings. The highest BCUT2D eigenvalue weighted by atomic mass is 19.3. The molecule has 1 atom stereocenters. The number of nitrogens with zero attached hydrogens (tertiary/aromatic N) is 1. The first-order chi connectivity index (χ1) is 10.1. The first-order valence-electron chi connectivity index (χ1n) is 7.15. The van der Waals surface area contributed by atoms with Crippen molar-refractivity contribution >= 4 is 5.91 Å². The van der Waals surface area contributed by atoms with Gasteiger partial charge in [0.05, 0.1) is 13.2 Å². The van der Waals surface area contributed by atoms with Gasteiger partial charge in [-0.2, -0.15) is 0 Å². The number of hydrogen-bond donors (Lipinski definition) is 1. The molecule has 0 radical (unpaired) electrons. The van der Waals surface area contributed by atoms with E-state index in [0.717, 1.165) is 24.2 Å². The summed E-state index contributed by atoms with van der Waals surface area (Å²) in [5.41, 5.74) is 0.203. The second-order valence-corrected chi connectivity index (χ2v) is 5.48. The third kappa shape index (κ3) is 2.60. The van der Waals surface area contributed by atoms with Gasteiger partial charge in [-0.05, 0) is 37.5 Å². The SMILES string of the molecule is CCOc1ccc(C2NC3(CC3)C(=O)N2CC(F)F)cc1. The quantitative estimate of drug-likeness (QED) is 0.906. The lowest BCUT2D eigenvalue weighted by Gasteiger charge is -2.24. The fraction of sp³-hybridized carbons (Fsp3) is 0.533. The average Bonchev–Trinajstić information content (AvgIpc) is 3.19. The zero-order valence-corrected chi connectivity index (χ0v) is 11.8. The van der Waals surface area contributed by atoms with Gasteiger partial charge in [-0.15, -0.1) is 0 Å². The van der Waals surface area contributed by atoms with Gasteiger partial charge in [0.1, 0.15) is 17.5 Å². The Kier molecular flexibility index (Phi) is 3.57. The molecular formula is C15H18F2N2O2. The van der Waals surface area contributed by atoms with E-state index >= 15 is 0 Å². The summed E-state index contributed by atoms with van der Waals surface area (Å²) < 4.78 is 30.9. The van der Waals surface area contributed by atoms with E-state index in [0.29, 0.717) is 6.61 Å². The molecular weight excluding hydrogens is 278 g/mol. The summed E-state index contributed by atoms with van der Waals surface area (Å²) in [6, 6.07) is 7.22. The van der Waals surface area contributed by atoms with E-state index in [1.165, 1.54) is 4.90 Å². The molecule has 1 unspecified atom stereocenters. The highest BCUT2D eigenvalue weighted by Gasteiger charge is 2.59. The van der Waals surface area contributed by atoms with E-state index in [-0.39, 0.29) is 5.91 Å². The van der Waals surface area contributed by atoms with Crippen LogP contribution < -0.4 is 10.1 Å². The molecule has 1 aromatic rings. The maximum absolute atomic E-state index is 12.7. The van der Waals surface area contributed by atoms with Crippen LogP contribution in [0.3, 0.4) is 0 Å². The highest BCUT2D eigenvalue weighted by Crippen LogP contribution is 2.46. The maximum atomic E-state index is 12.7. The lowest BCUT2D eigenvalue weighted by molar-refractivity contribution is -0.132. The van der Waals surface area contributed by atoms with E-state index in [1.807, 2.05) is 19.1 Å². The predicted octanol–water partition coefficient (Wildman–Crippen LogP) is 2.31. The molecule has 1 spiro atoms. The minimum absolute atomic E-state index is 0.207. The highest BCUT2D eigenvalue weighted by molar-refractivity contribution is 5.92. The van der Waals surface area contributed by atoms with Crippen molar-refractivity contribution in [3.63, 3.8) is 0 Å². The Labute approximate surface area is 122 Å². The monoisotopic (exact) mass is 296 g/mol. The molecule has 0 bridgehead atoms. The first-order valence-corrected chi connectivity index (χ1v) is 7.15. The number of hydrogen-bond acceptors (Lipinski definition) is 3. The Hall–Kier alpha value is -1.69. The molecule has 21 heavy (non-hydrogen) atoms. The van der Waals surface area contributed by atoms with Gasteiger partial charge < -0.3 is 9.64 Å². The third-order valence-electron chi connectivity index (χ3n) is 3.99. The van der Waals surface area contributed by atoms with Crippen LogP contribution in [0.5, 0.6) is 5.75 Å². The first kappa shape index (κ1) is 14.3. The van der Waals surface area contributed by atoms with Gasteiger partial charge in [-0.3, -0.25) is 10.1 Å². The van der Waals surface area contributed by atoms with Crippen molar-refractivity contribution in [1.29, 1.82) is 0 Å². The summed E-state index contributed by atoms with van der Waals surface area (Å²) in [6.07, 6.45) is -1.57. The van der Waals surface area contributed by atoms with Crippen molar-refractivity contribution in [3.8, 4) is 5.75 Å². The number of halogens is 2. The van der Waals surface area contributed by atoms with Crippen molar-refractivity contribution in [2.45, 2.75) is 37.9 Å². The van der Waals surface area contributed by atoms with Gasteiger partial charge >= 0.3 is 0 Å². The number of carbonyl (C=O) groups is 1. The van der Waals surface area contributed by atoms with Crippen LogP contribution in [0.15, 0.2) is 24.3 Å². The van der Waals surface area contributed by atoms with Crippen molar-refractivity contribution < 1.29 is 18.3 Å². The van der Waals surface area contributed by atoms with Crippen molar-refractivity contribution in [2.24, 2.45) is 0 Å². The van der Waals surface area contributed by atoms with Crippen molar-refractivity contribution in [3.05, 3.63) is 29.8 Å². The number of carbonyl (C=O) groups excluding carboxylic acids is 1. The number of alkyl halides is 2. The largest absolute Gasteiger partial charge is 0.494 e. The van der Waals surface area contributed by atoms with Gasteiger partial charge in [0.2, 0.25) is 5.91 Å². The minimum Gasteiger partial charge on any atom is -0.494 e. The topological polar surface area (TPSA) is 41.6 Å². The Bertz CT molecular complexity index is 529. The van der Waals surface area contributed by atoms with Crippen LogP contribution in [0.4, 0.5) is 8.78 Å². The molecule has 1 aromatic carbocycles. The van der Waals surface area contributed by atoms with Crippen LogP contribution in [0.2, 0.25) is 0 Å². The average molecular weight is 296 g/mol. The second-order valence-electron chi connectivity index (χ2n) is 5.48. The van der Waals surface area contributed by atoms with Gasteiger partial charge in [-0.1, -0.05) is 12.1 Å². The normalized spacial score (nSPS) is 23.1. The number of benzene rings is 1. The molecule has 1 heterocycles. The smallest absolute Gasteiger partial charge is 0.255 e. The lowest BCUT2D eigenvalue weighted by Crippen LogP contribution is -2.35. The molecule has 2 aliphatic rings. The van der Waals surface area contributed by atoms with Gasteiger partial charge in [0.15, 0.2) is 0 Å². The Morgan fingerprint density at radius 1 is 1.38 bits per heavy atom. The molecule has 6 heteroatoms. The van der Waals surface area contributed by atoms with Crippen molar-refractivity contribution in [2.75, 3.05) is 13.2 Å². The molecule has 1 N–H and O–H groups in total. The Balaban J connectivity index is 1.83. The summed E-state index contributed by atoms with van der Waals surface area (Å²) in [4.78, 5) is 13.5. The fourth-order valence-corrected chi connectivity index (χ4v) is 2.79. The van der Waals surface area contributed by atoms with Gasteiger partial charge in [0, 0.05) is 0 Å². The molecule has 3 rings (SSSR count). The molecule has 1 aliphatic carbocycles. The van der Waals surface area contributed by atoms with E-state index in [1.54, 1.807) is 12.1 Å². The van der Waals surface area contributed by atoms with Crippen LogP contribution in [0.25, 0.3) is 0 Å². The Morgan fingerprint density at radius 2 is 2.05 bits per heavy atom. The minimum atomic E-state index is -2.53. The summed E-state index contributed by atoms with van der Waals surface area (Å²) in [5, 5.41) is 3.22. The predicted molar refractivity (Wildman–Crippen MR) is 73.2 cm³/mol. The van der Waals surface area contributed by atoms with Crippen LogP contribution >= 0.6 is 0 Å². The van der Waals surface area contributed by atoms with Gasteiger partial charge in [0.25, 0.3) is 6.43 Å². The van der Waals surface area contributed by atoms with E-state index < -0.39 is 24.7 Å². The molecule has 1 saturated carbocycles. The number of amides is 1. The molecule has 114 valence electrons. The van der Waals surface area contributed by atoms with Crippen LogP contribution in [0.1, 0.15) is 31.5 Å². The zero-order valence-electron chi connectivity index (χ0n) is 11.8. The van der Waals surface area contributed by atoms with E-state index in [9.17, 15) is 13.6 Å². The van der Waals surface area contributed by atoms with Crippen LogP contribution in [-0.2, 0) is 4.79 Å². The summed E-state index contributed by atoms with van der Waals surface area (Å²) in [7, 11) is 0. The number of ether oxygens (including phenoxy) is 1. The van der Waals surface area contributed by atoms with Crippen LogP contribution in [0, 0.1) is 0 Å². The molecule has 1 saturated heterocycles. The van der Waals surface area contributed by atoms with E-state index in [4.69, 9.17) is 4.74 Å². The van der Waals surface area contributed by atoms with Crippen molar-refractivity contribution in [1.82, 2.24) is 10.2 Å². The molecule has 4 nitrogen and oxygen atoms in total. The van der Waals surface area contributed by atoms with Crippen LogP contribution in [-0.4, -0.2) is 35.9 Å². The second kappa shape index (κ2) is 5.26. The van der Waals surface area contributed by atoms with Gasteiger partial charge in [-0.25, -0.2) is 8.78 Å². The summed E-state index contributed by atoms with van der Waals surface area (Å²) in [5.74, 6) is 0.522. The number of nitrogens with one attached hydrogen (secondary N) is 1. The maximum Gasteiger partial charge on any atom is 0.255 e. The standard InChI is InChI=1S/C15H18F2N2O2/c1-2-21-11-5-3-10(4-6-11)13-18-15(7-8-15)14(20)19(13)9-12(16)17/h3-6,12-13,18H,2,7-9H2,1H3. The lowest BCUT2D eigenvalue weighted by atomic mass is 10.1. The molecule has 1 aliphatic heterocycles.